The van der Waals surface area contributed by atoms with Crippen LogP contribution in [-0.2, 0) is 27.1 Å². The number of rotatable bonds is 7. The number of amides is 4. The number of alkyl halides is 3. The number of nitrogens with one attached hydrogen (secondary N) is 3. The summed E-state index contributed by atoms with van der Waals surface area (Å²) in [7, 11) is 1.60. The van der Waals surface area contributed by atoms with Gasteiger partial charge < -0.3 is 25.6 Å². The molecule has 0 saturated carbocycles. The van der Waals surface area contributed by atoms with Gasteiger partial charge in [-0.1, -0.05) is 26.0 Å². The Bertz CT molecular complexity index is 1230. The van der Waals surface area contributed by atoms with Crippen LogP contribution in [0.25, 0.3) is 0 Å². The number of fused-ring (bicyclic) bond motifs is 1. The van der Waals surface area contributed by atoms with Gasteiger partial charge in [-0.25, -0.2) is 0 Å². The zero-order valence-corrected chi connectivity index (χ0v) is 23.2. The predicted octanol–water partition coefficient (Wildman–Crippen LogP) is 1.98. The molecule has 4 amide bonds. The third kappa shape index (κ3) is 9.22. The first-order valence-corrected chi connectivity index (χ1v) is 13.3. The van der Waals surface area contributed by atoms with E-state index in [9.17, 15) is 32.3 Å². The van der Waals surface area contributed by atoms with Gasteiger partial charge in [0.1, 0.15) is 24.4 Å². The highest BCUT2D eigenvalue weighted by molar-refractivity contribution is 6.01. The van der Waals surface area contributed by atoms with Crippen LogP contribution in [0.3, 0.4) is 0 Å². The molecule has 2 aromatic rings. The van der Waals surface area contributed by atoms with Gasteiger partial charge in [0, 0.05) is 26.3 Å². The lowest BCUT2D eigenvalue weighted by molar-refractivity contribution is -0.141. The van der Waals surface area contributed by atoms with E-state index < -0.39 is 48.1 Å². The van der Waals surface area contributed by atoms with Crippen LogP contribution in [0.5, 0.6) is 5.75 Å². The zero-order valence-electron chi connectivity index (χ0n) is 23.2. The lowest BCUT2D eigenvalue weighted by Gasteiger charge is -2.27. The molecule has 1 aliphatic heterocycles. The van der Waals surface area contributed by atoms with Crippen LogP contribution in [0.15, 0.2) is 36.5 Å². The number of carbonyl (C=O) groups is 4. The predicted molar refractivity (Wildman–Crippen MR) is 142 cm³/mol. The molecule has 0 radical (unpaired) electrons. The lowest BCUT2D eigenvalue weighted by Crippen LogP contribution is -2.53. The number of hydrogen-bond acceptors (Lipinski definition) is 6. The van der Waals surface area contributed by atoms with Crippen molar-refractivity contribution in [3.8, 4) is 5.75 Å². The van der Waals surface area contributed by atoms with Crippen molar-refractivity contribution in [2.75, 3.05) is 26.7 Å². The summed E-state index contributed by atoms with van der Waals surface area (Å²) in [5, 5.41) is 11.4. The summed E-state index contributed by atoms with van der Waals surface area (Å²) in [6, 6.07) is 5.13. The number of benzene rings is 1. The molecule has 1 aromatic heterocycles. The number of ether oxygens (including phenoxy) is 1. The summed E-state index contributed by atoms with van der Waals surface area (Å²) < 4.78 is 45.2. The first-order chi connectivity index (χ1) is 19.3. The second-order valence-electron chi connectivity index (χ2n) is 10.2. The van der Waals surface area contributed by atoms with Gasteiger partial charge in [-0.2, -0.15) is 18.3 Å². The van der Waals surface area contributed by atoms with E-state index in [4.69, 9.17) is 4.74 Å². The normalized spacial score (nSPS) is 19.1. The van der Waals surface area contributed by atoms with Crippen LogP contribution in [-0.4, -0.2) is 77.1 Å². The molecule has 0 bridgehead atoms. The van der Waals surface area contributed by atoms with Crippen molar-refractivity contribution >= 4 is 23.6 Å². The summed E-state index contributed by atoms with van der Waals surface area (Å²) in [5.74, 6) is -1.87. The van der Waals surface area contributed by atoms with Crippen LogP contribution < -0.4 is 20.7 Å². The van der Waals surface area contributed by atoms with Crippen LogP contribution in [0.2, 0.25) is 0 Å². The minimum absolute atomic E-state index is 0.0486. The molecule has 0 saturated heterocycles. The van der Waals surface area contributed by atoms with Crippen molar-refractivity contribution in [1.82, 2.24) is 30.6 Å². The van der Waals surface area contributed by atoms with Crippen molar-refractivity contribution < 1.29 is 37.1 Å². The minimum Gasteiger partial charge on any atom is -0.491 e. The molecule has 2 heterocycles. The van der Waals surface area contributed by atoms with Crippen LogP contribution in [0.4, 0.5) is 13.2 Å². The highest BCUT2D eigenvalue weighted by Gasteiger charge is 2.33. The van der Waals surface area contributed by atoms with E-state index in [1.165, 1.54) is 17.2 Å². The summed E-state index contributed by atoms with van der Waals surface area (Å²) in [6.45, 7) is 4.29. The molecule has 14 heteroatoms. The molecule has 0 fully saturated rings. The largest absolute Gasteiger partial charge is 0.491 e. The maximum atomic E-state index is 13.2. The Kier molecular flexibility index (Phi) is 10.7. The smallest absolute Gasteiger partial charge is 0.435 e. The van der Waals surface area contributed by atoms with E-state index in [1.54, 1.807) is 25.2 Å². The van der Waals surface area contributed by atoms with E-state index in [2.05, 4.69) is 21.0 Å². The molecule has 1 aromatic carbocycles. The van der Waals surface area contributed by atoms with E-state index in [1.807, 2.05) is 13.8 Å². The second-order valence-corrected chi connectivity index (χ2v) is 10.2. The number of carbonyl (C=O) groups excluding carboxylic acids is 4. The number of para-hydroxylation sites is 1. The van der Waals surface area contributed by atoms with Crippen LogP contribution in [0, 0.1) is 5.92 Å². The van der Waals surface area contributed by atoms with E-state index in [0.717, 1.165) is 10.7 Å². The van der Waals surface area contributed by atoms with Crippen LogP contribution >= 0.6 is 0 Å². The van der Waals surface area contributed by atoms with Crippen LogP contribution in [0.1, 0.15) is 49.2 Å². The van der Waals surface area contributed by atoms with Gasteiger partial charge in [0.15, 0.2) is 5.69 Å². The molecular weight excluding hydrogens is 545 g/mol. The average molecular weight is 581 g/mol. The Morgan fingerprint density at radius 1 is 1.17 bits per heavy atom. The molecule has 41 heavy (non-hydrogen) atoms. The molecule has 3 N–H and O–H groups in total. The van der Waals surface area contributed by atoms with Gasteiger partial charge in [0.25, 0.3) is 5.91 Å². The molecule has 0 aliphatic carbocycles. The minimum atomic E-state index is -4.55. The molecule has 224 valence electrons. The van der Waals surface area contributed by atoms with Gasteiger partial charge in [-0.05, 0) is 37.0 Å². The first kappa shape index (κ1) is 31.4. The highest BCUT2D eigenvalue weighted by Crippen LogP contribution is 2.27. The number of nitrogens with zero attached hydrogens (tertiary/aromatic N) is 3. The Hall–Kier alpha value is -4.10. The van der Waals surface area contributed by atoms with Gasteiger partial charge in [-0.15, -0.1) is 0 Å². The quantitative estimate of drug-likeness (QED) is 0.429. The summed E-state index contributed by atoms with van der Waals surface area (Å²) in [5.41, 5.74) is -0.867. The van der Waals surface area contributed by atoms with E-state index >= 15 is 0 Å². The van der Waals surface area contributed by atoms with Gasteiger partial charge >= 0.3 is 6.18 Å². The number of aromatic nitrogens is 2. The lowest BCUT2D eigenvalue weighted by atomic mass is 10.0. The molecule has 3 rings (SSSR count). The molecular formula is C27H35F3N6O5. The fourth-order valence-electron chi connectivity index (χ4n) is 4.24. The van der Waals surface area contributed by atoms with Crippen molar-refractivity contribution in [3.63, 3.8) is 0 Å². The molecule has 2 atom stereocenters. The fourth-order valence-corrected chi connectivity index (χ4v) is 4.24. The zero-order chi connectivity index (χ0) is 30.2. The Labute approximate surface area is 235 Å². The topological polar surface area (TPSA) is 135 Å². The van der Waals surface area contributed by atoms with Crippen molar-refractivity contribution in [3.05, 3.63) is 47.8 Å². The van der Waals surface area contributed by atoms with E-state index in [-0.39, 0.29) is 55.8 Å². The second kappa shape index (κ2) is 14.0. The van der Waals surface area contributed by atoms with Crippen molar-refractivity contribution in [1.29, 1.82) is 0 Å². The summed E-state index contributed by atoms with van der Waals surface area (Å²) in [4.78, 5) is 53.8. The highest BCUT2D eigenvalue weighted by atomic mass is 19.4. The maximum absolute atomic E-state index is 13.2. The monoisotopic (exact) mass is 580 g/mol. The molecule has 0 unspecified atom stereocenters. The fraction of sp³-hybridized carbons (Fsp3) is 0.519. The summed E-state index contributed by atoms with van der Waals surface area (Å²) >= 11 is 0. The number of aryl methyl sites for hydroxylation is 1. The Balaban J connectivity index is 1.74. The molecule has 1 aliphatic rings. The van der Waals surface area contributed by atoms with Gasteiger partial charge in [0.05, 0.1) is 18.5 Å². The summed E-state index contributed by atoms with van der Waals surface area (Å²) in [6.07, 6.45) is -3.20. The first-order valence-electron chi connectivity index (χ1n) is 13.3. The van der Waals surface area contributed by atoms with E-state index in [0.29, 0.717) is 6.42 Å². The molecule has 11 nitrogen and oxygen atoms in total. The standard InChI is InChI=1S/C27H35F3N6O5/c1-17(2)15-20-26(40)35(3)13-14-41-21-8-5-4-7-18(21)24(38)33-19(16-23(37)32-20)25(39)31-10-6-11-36-12-9-22(34-36)27(28,29)30/h4-5,7-9,12,17,19-20H,6,10-11,13-16H2,1-3H3,(H,31,39)(H,32,37)(H,33,38)/t19-,20-/m0/s1. The van der Waals surface area contributed by atoms with Crippen molar-refractivity contribution in [2.24, 2.45) is 5.92 Å². The number of likely N-dealkylation sites (N-methyl/N-ethyl adjacent to an activating group) is 1. The maximum Gasteiger partial charge on any atom is 0.435 e. The Morgan fingerprint density at radius 3 is 2.59 bits per heavy atom. The average Bonchev–Trinajstić information content (AvgIpc) is 3.39. The SMILES string of the molecule is CC(C)C[C@@H]1NC(=O)C[C@@H](C(=O)NCCCn2ccc(C(F)(F)F)n2)NC(=O)c2ccccc2OCCN(C)C1=O. The van der Waals surface area contributed by atoms with Gasteiger partial charge in [-0.3, -0.25) is 23.9 Å². The number of halogens is 3. The Morgan fingerprint density at radius 2 is 1.90 bits per heavy atom. The van der Waals surface area contributed by atoms with Crippen molar-refractivity contribution in [2.45, 2.75) is 57.9 Å². The third-order valence-electron chi connectivity index (χ3n) is 6.34. The third-order valence-corrected chi connectivity index (χ3v) is 6.34. The number of hydrogen-bond donors (Lipinski definition) is 3. The van der Waals surface area contributed by atoms with Gasteiger partial charge in [0.2, 0.25) is 17.7 Å². The molecule has 0 spiro atoms.